The van der Waals surface area contributed by atoms with Gasteiger partial charge in [-0.1, -0.05) is 12.1 Å². The molecule has 6 heteroatoms. The number of benzene rings is 2. The maximum absolute atomic E-state index is 12.7. The van der Waals surface area contributed by atoms with Crippen molar-refractivity contribution in [1.29, 1.82) is 0 Å². The maximum atomic E-state index is 12.7. The molecule has 0 unspecified atom stereocenters. The van der Waals surface area contributed by atoms with Gasteiger partial charge in [0, 0.05) is 5.69 Å². The van der Waals surface area contributed by atoms with Crippen LogP contribution in [0.1, 0.15) is 34.0 Å². The van der Waals surface area contributed by atoms with E-state index in [0.29, 0.717) is 11.3 Å². The fraction of sp³-hybridized carbons (Fsp3) is 0.278. The molecule has 2 rings (SSSR count). The third kappa shape index (κ3) is 4.14. The molecule has 0 radical (unpaired) electrons. The van der Waals surface area contributed by atoms with E-state index in [1.165, 1.54) is 6.07 Å². The van der Waals surface area contributed by atoms with Gasteiger partial charge in [0.1, 0.15) is 0 Å². The Bertz CT molecular complexity index is 852. The van der Waals surface area contributed by atoms with Crippen molar-refractivity contribution in [3.63, 3.8) is 0 Å². The molecular weight excluding hydrogens is 326 g/mol. The third-order valence-electron chi connectivity index (χ3n) is 3.46. The monoisotopic (exact) mass is 347 g/mol. The lowest BCUT2D eigenvalue weighted by Gasteiger charge is -2.13. The Morgan fingerprint density at radius 2 is 1.67 bits per heavy atom. The van der Waals surface area contributed by atoms with E-state index in [0.717, 1.165) is 11.1 Å². The quantitative estimate of drug-likeness (QED) is 0.839. The van der Waals surface area contributed by atoms with Crippen molar-refractivity contribution in [3.05, 3.63) is 58.7 Å². The minimum Gasteiger partial charge on any atom is -0.462 e. The molecule has 0 saturated carbocycles. The van der Waals surface area contributed by atoms with Crippen LogP contribution in [0.3, 0.4) is 0 Å². The third-order valence-corrected chi connectivity index (χ3v) is 4.99. The highest BCUT2D eigenvalue weighted by Crippen LogP contribution is 2.22. The zero-order chi connectivity index (χ0) is 17.9. The van der Waals surface area contributed by atoms with Gasteiger partial charge in [-0.2, -0.15) is 0 Å². The summed E-state index contributed by atoms with van der Waals surface area (Å²) >= 11 is 0. The van der Waals surface area contributed by atoms with Crippen molar-refractivity contribution in [2.45, 2.75) is 32.6 Å². The summed E-state index contributed by atoms with van der Waals surface area (Å²) in [5, 5.41) is 0. The van der Waals surface area contributed by atoms with Crippen LogP contribution >= 0.6 is 0 Å². The van der Waals surface area contributed by atoms with Crippen LogP contribution in [-0.2, 0) is 14.8 Å². The molecule has 0 aliphatic rings. The first-order chi connectivity index (χ1) is 11.2. The summed E-state index contributed by atoms with van der Waals surface area (Å²) in [6.07, 6.45) is 0. The van der Waals surface area contributed by atoms with Gasteiger partial charge in [-0.3, -0.25) is 4.72 Å². The van der Waals surface area contributed by atoms with Gasteiger partial charge >= 0.3 is 5.97 Å². The molecule has 1 N–H and O–H groups in total. The van der Waals surface area contributed by atoms with Crippen LogP contribution in [0.25, 0.3) is 0 Å². The molecule has 128 valence electrons. The van der Waals surface area contributed by atoms with Crippen LogP contribution in [0.5, 0.6) is 0 Å². The SMILES string of the molecule is CCOC(=O)c1ccc(C)c(S(=O)(=O)Nc2cc(C)cc(C)c2)c1. The Morgan fingerprint density at radius 3 is 2.25 bits per heavy atom. The lowest BCUT2D eigenvalue weighted by molar-refractivity contribution is 0.0526. The summed E-state index contributed by atoms with van der Waals surface area (Å²) in [4.78, 5) is 11.9. The minimum atomic E-state index is -3.81. The molecule has 0 amide bonds. The summed E-state index contributed by atoms with van der Waals surface area (Å²) in [5.41, 5.74) is 3.19. The highest BCUT2D eigenvalue weighted by molar-refractivity contribution is 7.92. The average molecular weight is 347 g/mol. The molecule has 0 bridgehead atoms. The molecule has 0 aromatic heterocycles. The molecule has 2 aromatic rings. The van der Waals surface area contributed by atoms with Gasteiger partial charge in [-0.15, -0.1) is 0 Å². The first-order valence-electron chi connectivity index (χ1n) is 7.62. The van der Waals surface area contributed by atoms with Crippen LogP contribution in [0.4, 0.5) is 5.69 Å². The van der Waals surface area contributed by atoms with E-state index in [9.17, 15) is 13.2 Å². The van der Waals surface area contributed by atoms with Crippen molar-refractivity contribution in [3.8, 4) is 0 Å². The number of rotatable bonds is 5. The minimum absolute atomic E-state index is 0.0622. The van der Waals surface area contributed by atoms with Gasteiger partial charge in [0.25, 0.3) is 10.0 Å². The summed E-state index contributed by atoms with van der Waals surface area (Å²) in [6.45, 7) is 7.42. The number of hydrogen-bond acceptors (Lipinski definition) is 4. The zero-order valence-corrected chi connectivity index (χ0v) is 15.0. The molecule has 2 aromatic carbocycles. The maximum Gasteiger partial charge on any atom is 0.338 e. The van der Waals surface area contributed by atoms with Crippen LogP contribution in [0.2, 0.25) is 0 Å². The van der Waals surface area contributed by atoms with E-state index in [1.54, 1.807) is 38.1 Å². The number of carbonyl (C=O) groups is 1. The lowest BCUT2D eigenvalue weighted by atomic mass is 10.1. The summed E-state index contributed by atoms with van der Waals surface area (Å²) in [7, 11) is -3.81. The normalized spacial score (nSPS) is 11.2. The van der Waals surface area contributed by atoms with Gasteiger partial charge in [0.15, 0.2) is 0 Å². The van der Waals surface area contributed by atoms with Crippen molar-refractivity contribution in [1.82, 2.24) is 0 Å². The second-order valence-electron chi connectivity index (χ2n) is 5.68. The fourth-order valence-corrected chi connectivity index (χ4v) is 3.79. The van der Waals surface area contributed by atoms with Crippen LogP contribution in [0.15, 0.2) is 41.3 Å². The Labute approximate surface area is 142 Å². The van der Waals surface area contributed by atoms with E-state index >= 15 is 0 Å². The lowest BCUT2D eigenvalue weighted by Crippen LogP contribution is -2.16. The Balaban J connectivity index is 2.41. The Hall–Kier alpha value is -2.34. The average Bonchev–Trinajstić information content (AvgIpc) is 2.46. The summed E-state index contributed by atoms with van der Waals surface area (Å²) in [6, 6.07) is 9.98. The van der Waals surface area contributed by atoms with E-state index < -0.39 is 16.0 Å². The molecule has 0 aliphatic carbocycles. The number of carbonyl (C=O) groups excluding carboxylic acids is 1. The van der Waals surface area contributed by atoms with Crippen LogP contribution in [-0.4, -0.2) is 21.0 Å². The second-order valence-corrected chi connectivity index (χ2v) is 7.33. The topological polar surface area (TPSA) is 72.5 Å². The number of aryl methyl sites for hydroxylation is 3. The molecular formula is C18H21NO4S. The van der Waals surface area contributed by atoms with Crippen LogP contribution in [0, 0.1) is 20.8 Å². The van der Waals surface area contributed by atoms with Gasteiger partial charge in [0.05, 0.1) is 17.1 Å². The standard InChI is InChI=1S/C18H21NO4S/c1-5-23-18(20)15-7-6-14(4)17(11-15)24(21,22)19-16-9-12(2)8-13(3)10-16/h6-11,19H,5H2,1-4H3. The van der Waals surface area contributed by atoms with Crippen molar-refractivity contribution in [2.24, 2.45) is 0 Å². The number of sulfonamides is 1. The highest BCUT2D eigenvalue weighted by atomic mass is 32.2. The first kappa shape index (κ1) is 18.0. The molecule has 0 spiro atoms. The van der Waals surface area contributed by atoms with Crippen LogP contribution < -0.4 is 4.72 Å². The largest absolute Gasteiger partial charge is 0.462 e. The van der Waals surface area contributed by atoms with Crippen molar-refractivity contribution >= 4 is 21.7 Å². The molecule has 5 nitrogen and oxygen atoms in total. The van der Waals surface area contributed by atoms with Gasteiger partial charge in [-0.05, 0) is 68.7 Å². The van der Waals surface area contributed by atoms with E-state index in [-0.39, 0.29) is 17.1 Å². The molecule has 0 atom stereocenters. The molecule has 0 aliphatic heterocycles. The fourth-order valence-electron chi connectivity index (χ4n) is 2.47. The molecule has 0 heterocycles. The Morgan fingerprint density at radius 1 is 1.04 bits per heavy atom. The van der Waals surface area contributed by atoms with Gasteiger partial charge in [-0.25, -0.2) is 13.2 Å². The van der Waals surface area contributed by atoms with E-state index in [2.05, 4.69) is 4.72 Å². The van der Waals surface area contributed by atoms with Crippen molar-refractivity contribution in [2.75, 3.05) is 11.3 Å². The number of hydrogen-bond donors (Lipinski definition) is 1. The Kier molecular flexibility index (Phi) is 5.29. The van der Waals surface area contributed by atoms with E-state index in [4.69, 9.17) is 4.74 Å². The molecule has 0 fully saturated rings. The molecule has 0 saturated heterocycles. The number of ether oxygens (including phenoxy) is 1. The second kappa shape index (κ2) is 7.05. The predicted octanol–water partition coefficient (Wildman–Crippen LogP) is 3.59. The smallest absolute Gasteiger partial charge is 0.338 e. The van der Waals surface area contributed by atoms with Gasteiger partial charge < -0.3 is 4.74 Å². The summed E-state index contributed by atoms with van der Waals surface area (Å²) < 4.78 is 32.9. The summed E-state index contributed by atoms with van der Waals surface area (Å²) in [5.74, 6) is -0.541. The first-order valence-corrected chi connectivity index (χ1v) is 9.10. The number of nitrogens with one attached hydrogen (secondary N) is 1. The number of esters is 1. The predicted molar refractivity (Wildman–Crippen MR) is 93.9 cm³/mol. The van der Waals surface area contributed by atoms with E-state index in [1.807, 2.05) is 19.9 Å². The number of anilines is 1. The highest BCUT2D eigenvalue weighted by Gasteiger charge is 2.20. The van der Waals surface area contributed by atoms with Crippen molar-refractivity contribution < 1.29 is 17.9 Å². The zero-order valence-electron chi connectivity index (χ0n) is 14.2. The molecule has 24 heavy (non-hydrogen) atoms. The van der Waals surface area contributed by atoms with Gasteiger partial charge in [0.2, 0.25) is 0 Å².